The van der Waals surface area contributed by atoms with Gasteiger partial charge in [0.15, 0.2) is 0 Å². The second-order valence-electron chi connectivity index (χ2n) is 3.67. The van der Waals surface area contributed by atoms with E-state index in [-0.39, 0.29) is 18.8 Å². The molecule has 0 amide bonds. The maximum Gasteiger partial charge on any atom is 0.255 e. The summed E-state index contributed by atoms with van der Waals surface area (Å²) in [5, 5.41) is 0. The van der Waals surface area contributed by atoms with E-state index in [9.17, 15) is 8.78 Å². The van der Waals surface area contributed by atoms with Gasteiger partial charge in [-0.3, -0.25) is 0 Å². The Morgan fingerprint density at radius 1 is 1.27 bits per heavy atom. The van der Waals surface area contributed by atoms with Crippen molar-refractivity contribution in [3.63, 3.8) is 0 Å². The number of alkyl halides is 2. The highest BCUT2D eigenvalue weighted by molar-refractivity contribution is 5.23. The Bertz CT molecular complexity index is 190. The average Bonchev–Trinajstić information content (AvgIpc) is 2.05. The van der Waals surface area contributed by atoms with Gasteiger partial charge in [-0.15, -0.1) is 0 Å². The topological polar surface area (TPSA) is 0 Å². The first kappa shape index (κ1) is 8.69. The zero-order chi connectivity index (χ0) is 8.65. The molecule has 0 aromatic heterocycles. The van der Waals surface area contributed by atoms with Crippen LogP contribution in [0.5, 0.6) is 0 Å². The summed E-state index contributed by atoms with van der Waals surface area (Å²) in [5.41, 5.74) is 1.85. The van der Waals surface area contributed by atoms with Crippen LogP contribution in [0.1, 0.15) is 33.6 Å². The lowest BCUT2D eigenvalue weighted by Gasteiger charge is -2.09. The zero-order valence-corrected chi connectivity index (χ0v) is 7.25. The Balaban J connectivity index is 2.75. The number of hydrogen-bond donors (Lipinski definition) is 0. The largest absolute Gasteiger partial charge is 0.255 e. The Labute approximate surface area is 66.3 Å². The zero-order valence-electron chi connectivity index (χ0n) is 7.25. The number of hydrogen-bond acceptors (Lipinski definition) is 0. The highest BCUT2D eigenvalue weighted by Gasteiger charge is 2.37. The van der Waals surface area contributed by atoms with Gasteiger partial charge >= 0.3 is 0 Å². The van der Waals surface area contributed by atoms with E-state index in [1.165, 1.54) is 0 Å². The fourth-order valence-electron chi connectivity index (χ4n) is 1.69. The molecule has 2 heteroatoms. The molecule has 11 heavy (non-hydrogen) atoms. The minimum Gasteiger partial charge on any atom is -0.206 e. The smallest absolute Gasteiger partial charge is 0.206 e. The summed E-state index contributed by atoms with van der Waals surface area (Å²) in [4.78, 5) is 0. The van der Waals surface area contributed by atoms with Gasteiger partial charge in [-0.05, 0) is 12.8 Å². The van der Waals surface area contributed by atoms with Crippen molar-refractivity contribution in [2.75, 3.05) is 0 Å². The van der Waals surface area contributed by atoms with Crippen LogP contribution < -0.4 is 0 Å². The second kappa shape index (κ2) is 2.58. The van der Waals surface area contributed by atoms with E-state index in [2.05, 4.69) is 0 Å². The van der Waals surface area contributed by atoms with Crippen LogP contribution in [0.15, 0.2) is 11.1 Å². The fourth-order valence-corrected chi connectivity index (χ4v) is 1.69. The maximum absolute atomic E-state index is 12.8. The number of rotatable bonds is 1. The van der Waals surface area contributed by atoms with Crippen LogP contribution in [0.3, 0.4) is 0 Å². The van der Waals surface area contributed by atoms with Gasteiger partial charge in [-0.1, -0.05) is 25.0 Å². The molecule has 0 nitrogen and oxygen atoms in total. The van der Waals surface area contributed by atoms with Gasteiger partial charge in [0.25, 0.3) is 5.92 Å². The van der Waals surface area contributed by atoms with Gasteiger partial charge in [0.2, 0.25) is 0 Å². The van der Waals surface area contributed by atoms with Crippen LogP contribution in [-0.4, -0.2) is 5.92 Å². The number of allylic oxidation sites excluding steroid dienone is 2. The molecule has 0 heterocycles. The minimum atomic E-state index is -2.45. The van der Waals surface area contributed by atoms with E-state index >= 15 is 0 Å². The summed E-state index contributed by atoms with van der Waals surface area (Å²) in [6.07, 6.45) is -0.0446. The van der Waals surface area contributed by atoms with Gasteiger partial charge in [0.05, 0.1) is 0 Å². The summed E-state index contributed by atoms with van der Waals surface area (Å²) in [5.74, 6) is -2.17. The molecule has 1 rings (SSSR count). The molecule has 0 aliphatic heterocycles. The third-order valence-electron chi connectivity index (χ3n) is 2.22. The predicted molar refractivity (Wildman–Crippen MR) is 41.7 cm³/mol. The van der Waals surface area contributed by atoms with Crippen molar-refractivity contribution >= 4 is 0 Å². The minimum absolute atomic E-state index is 0.0174. The van der Waals surface area contributed by atoms with Gasteiger partial charge in [0, 0.05) is 12.8 Å². The molecule has 0 spiro atoms. The third kappa shape index (κ3) is 1.79. The lowest BCUT2D eigenvalue weighted by molar-refractivity contribution is 0.0114. The lowest BCUT2D eigenvalue weighted by Crippen LogP contribution is -2.10. The molecule has 0 aromatic rings. The standard InChI is InChI=1S/C9H14F2/c1-6(2)8-5-9(10,11)4-7(8)3/h6H,4-5H2,1-3H3. The van der Waals surface area contributed by atoms with Crippen molar-refractivity contribution in [3.8, 4) is 0 Å². The van der Waals surface area contributed by atoms with Crippen LogP contribution in [-0.2, 0) is 0 Å². The molecule has 1 aliphatic carbocycles. The Morgan fingerprint density at radius 2 is 1.82 bits per heavy atom. The molecule has 0 N–H and O–H groups in total. The molecule has 64 valence electrons. The highest BCUT2D eigenvalue weighted by Crippen LogP contribution is 2.41. The van der Waals surface area contributed by atoms with E-state index < -0.39 is 5.92 Å². The normalized spacial score (nSPS) is 23.5. The molecular weight excluding hydrogens is 146 g/mol. The average molecular weight is 160 g/mol. The Morgan fingerprint density at radius 3 is 2.00 bits per heavy atom. The summed E-state index contributed by atoms with van der Waals surface area (Å²) < 4.78 is 25.5. The predicted octanol–water partition coefficient (Wildman–Crippen LogP) is 3.39. The molecule has 0 radical (unpaired) electrons. The Kier molecular flexibility index (Phi) is 2.04. The lowest BCUT2D eigenvalue weighted by atomic mass is 10.0. The molecule has 1 aliphatic rings. The summed E-state index contributed by atoms with van der Waals surface area (Å²) >= 11 is 0. The Hall–Kier alpha value is -0.400. The maximum atomic E-state index is 12.8. The summed E-state index contributed by atoms with van der Waals surface area (Å²) in [6.45, 7) is 5.76. The monoisotopic (exact) mass is 160 g/mol. The molecule has 0 saturated heterocycles. The first-order valence-electron chi connectivity index (χ1n) is 3.99. The third-order valence-corrected chi connectivity index (χ3v) is 2.22. The fraction of sp³-hybridized carbons (Fsp3) is 0.778. The van der Waals surface area contributed by atoms with Crippen LogP contribution in [0.2, 0.25) is 0 Å². The molecule has 0 saturated carbocycles. The first-order valence-corrected chi connectivity index (χ1v) is 3.99. The second-order valence-corrected chi connectivity index (χ2v) is 3.67. The van der Waals surface area contributed by atoms with Crippen LogP contribution in [0, 0.1) is 5.92 Å². The summed E-state index contributed by atoms with van der Waals surface area (Å²) in [6, 6.07) is 0. The quantitative estimate of drug-likeness (QED) is 0.516. The van der Waals surface area contributed by atoms with Crippen molar-refractivity contribution in [3.05, 3.63) is 11.1 Å². The van der Waals surface area contributed by atoms with Crippen LogP contribution in [0.25, 0.3) is 0 Å². The van der Waals surface area contributed by atoms with Gasteiger partial charge < -0.3 is 0 Å². The molecule has 0 atom stereocenters. The van der Waals surface area contributed by atoms with E-state index in [1.807, 2.05) is 20.8 Å². The molecule has 0 aromatic carbocycles. The van der Waals surface area contributed by atoms with E-state index in [0.717, 1.165) is 11.1 Å². The van der Waals surface area contributed by atoms with Crippen molar-refractivity contribution in [2.45, 2.75) is 39.5 Å². The van der Waals surface area contributed by atoms with Crippen molar-refractivity contribution < 1.29 is 8.78 Å². The van der Waals surface area contributed by atoms with E-state index in [4.69, 9.17) is 0 Å². The van der Waals surface area contributed by atoms with Crippen molar-refractivity contribution in [2.24, 2.45) is 5.92 Å². The number of halogens is 2. The molecule has 0 fully saturated rings. The van der Waals surface area contributed by atoms with Crippen LogP contribution >= 0.6 is 0 Å². The van der Waals surface area contributed by atoms with Crippen molar-refractivity contribution in [1.82, 2.24) is 0 Å². The molecule has 0 bridgehead atoms. The van der Waals surface area contributed by atoms with Crippen molar-refractivity contribution in [1.29, 1.82) is 0 Å². The SMILES string of the molecule is CC1=C(C(C)C)CC(F)(F)C1. The first-order chi connectivity index (χ1) is 4.92. The van der Waals surface area contributed by atoms with Gasteiger partial charge in [-0.25, -0.2) is 8.78 Å². The van der Waals surface area contributed by atoms with Crippen LogP contribution in [0.4, 0.5) is 8.78 Å². The van der Waals surface area contributed by atoms with Gasteiger partial charge in [-0.2, -0.15) is 0 Å². The highest BCUT2D eigenvalue weighted by atomic mass is 19.3. The van der Waals surface area contributed by atoms with E-state index in [1.54, 1.807) is 0 Å². The van der Waals surface area contributed by atoms with Gasteiger partial charge in [0.1, 0.15) is 0 Å². The molecular formula is C9H14F2. The summed E-state index contributed by atoms with van der Waals surface area (Å²) in [7, 11) is 0. The molecule has 0 unspecified atom stereocenters. The van der Waals surface area contributed by atoms with E-state index in [0.29, 0.717) is 0 Å².